The van der Waals surface area contributed by atoms with E-state index in [0.717, 1.165) is 0 Å². The maximum absolute atomic E-state index is 11.8. The van der Waals surface area contributed by atoms with E-state index in [1.807, 2.05) is 0 Å². The maximum atomic E-state index is 11.8. The van der Waals surface area contributed by atoms with Crippen molar-refractivity contribution in [3.63, 3.8) is 0 Å². The number of nitrogens with zero attached hydrogens (tertiary/aromatic N) is 3. The van der Waals surface area contributed by atoms with Crippen molar-refractivity contribution in [1.29, 1.82) is 0 Å². The van der Waals surface area contributed by atoms with Crippen molar-refractivity contribution >= 4 is 34.6 Å². The lowest BCUT2D eigenvalue weighted by molar-refractivity contribution is -0.384. The van der Waals surface area contributed by atoms with E-state index in [1.165, 1.54) is 35.1 Å². The number of carbonyl (C=O) groups excluding carboxylic acids is 1. The van der Waals surface area contributed by atoms with Crippen molar-refractivity contribution in [3.8, 4) is 0 Å². The van der Waals surface area contributed by atoms with Crippen LogP contribution in [0.2, 0.25) is 0 Å². The molecule has 1 aromatic heterocycles. The van der Waals surface area contributed by atoms with E-state index in [1.54, 1.807) is 13.1 Å². The quantitative estimate of drug-likeness (QED) is 0.438. The van der Waals surface area contributed by atoms with E-state index in [0.29, 0.717) is 11.4 Å². The molecule has 2 rings (SSSR count). The number of hydrogen-bond acceptors (Lipinski definition) is 5. The number of rotatable bonds is 3. The van der Waals surface area contributed by atoms with E-state index in [-0.39, 0.29) is 10.8 Å². The highest BCUT2D eigenvalue weighted by Gasteiger charge is 2.10. The number of aromatic nitrogens is 2. The van der Waals surface area contributed by atoms with Crippen LogP contribution in [0.1, 0.15) is 10.5 Å². The standard InChI is InChI=1S/C12H12N6O3S/c1-17-10(6-7-13-17)11(19)15-16-12(22)14-8-2-4-9(5-3-8)18(20)21/h2-7H,1H3,(H,15,19)(H2,14,16,22). The second-order valence-corrected chi connectivity index (χ2v) is 4.59. The Bertz CT molecular complexity index is 712. The van der Waals surface area contributed by atoms with Gasteiger partial charge in [-0.3, -0.25) is 30.4 Å². The molecule has 0 aliphatic carbocycles. The summed E-state index contributed by atoms with van der Waals surface area (Å²) in [6.45, 7) is 0. The molecule has 2 aromatic rings. The van der Waals surface area contributed by atoms with Crippen LogP contribution in [0, 0.1) is 10.1 Å². The largest absolute Gasteiger partial charge is 0.331 e. The Kier molecular flexibility index (Phi) is 4.63. The number of nitro benzene ring substituents is 1. The van der Waals surface area contributed by atoms with Crippen LogP contribution in [-0.2, 0) is 7.05 Å². The van der Waals surface area contributed by atoms with Gasteiger partial charge in [0.15, 0.2) is 5.11 Å². The number of benzene rings is 1. The van der Waals surface area contributed by atoms with Crippen LogP contribution in [0.25, 0.3) is 0 Å². The van der Waals surface area contributed by atoms with E-state index in [2.05, 4.69) is 21.3 Å². The van der Waals surface area contributed by atoms with Crippen molar-refractivity contribution < 1.29 is 9.72 Å². The lowest BCUT2D eigenvalue weighted by atomic mass is 10.3. The van der Waals surface area contributed by atoms with Gasteiger partial charge in [0, 0.05) is 31.1 Å². The summed E-state index contributed by atoms with van der Waals surface area (Å²) in [7, 11) is 1.64. The van der Waals surface area contributed by atoms with Gasteiger partial charge in [0.2, 0.25) is 0 Å². The summed E-state index contributed by atoms with van der Waals surface area (Å²) < 4.78 is 1.42. The molecule has 3 N–H and O–H groups in total. The van der Waals surface area contributed by atoms with Gasteiger partial charge < -0.3 is 5.32 Å². The first kappa shape index (κ1) is 15.4. The Morgan fingerprint density at radius 2 is 1.95 bits per heavy atom. The summed E-state index contributed by atoms with van der Waals surface area (Å²) in [4.78, 5) is 21.9. The number of amides is 1. The first-order valence-corrected chi connectivity index (χ1v) is 6.48. The SMILES string of the molecule is Cn1nccc1C(=O)NNC(=S)Nc1ccc([N+](=O)[O-])cc1. The van der Waals surface area contributed by atoms with E-state index in [9.17, 15) is 14.9 Å². The zero-order chi connectivity index (χ0) is 16.1. The third-order valence-electron chi connectivity index (χ3n) is 2.68. The fourth-order valence-electron chi connectivity index (χ4n) is 1.60. The number of hydrazine groups is 1. The summed E-state index contributed by atoms with van der Waals surface area (Å²) in [6, 6.07) is 7.27. The van der Waals surface area contributed by atoms with Crippen LogP contribution in [0.3, 0.4) is 0 Å². The highest BCUT2D eigenvalue weighted by Crippen LogP contribution is 2.15. The molecule has 1 heterocycles. The number of non-ortho nitro benzene ring substituents is 1. The predicted octanol–water partition coefficient (Wildman–Crippen LogP) is 0.960. The van der Waals surface area contributed by atoms with E-state index >= 15 is 0 Å². The third kappa shape index (κ3) is 3.76. The van der Waals surface area contributed by atoms with Gasteiger partial charge in [-0.2, -0.15) is 5.10 Å². The number of hydrogen-bond donors (Lipinski definition) is 3. The minimum absolute atomic E-state index is 0.0195. The van der Waals surface area contributed by atoms with Crippen molar-refractivity contribution in [2.24, 2.45) is 7.05 Å². The van der Waals surface area contributed by atoms with Gasteiger partial charge in [-0.25, -0.2) is 0 Å². The van der Waals surface area contributed by atoms with Crippen LogP contribution in [0.5, 0.6) is 0 Å². The van der Waals surface area contributed by atoms with Gasteiger partial charge in [0.05, 0.1) is 4.92 Å². The predicted molar refractivity (Wildman–Crippen MR) is 83.1 cm³/mol. The van der Waals surface area contributed by atoms with Crippen molar-refractivity contribution in [3.05, 3.63) is 52.3 Å². The smallest absolute Gasteiger partial charge is 0.287 e. The Balaban J connectivity index is 1.86. The second-order valence-electron chi connectivity index (χ2n) is 4.18. The molecule has 0 aliphatic heterocycles. The van der Waals surface area contributed by atoms with E-state index in [4.69, 9.17) is 12.2 Å². The number of nitrogens with one attached hydrogen (secondary N) is 3. The molecule has 0 spiro atoms. The first-order valence-electron chi connectivity index (χ1n) is 6.07. The van der Waals surface area contributed by atoms with Crippen LogP contribution in [-0.4, -0.2) is 25.7 Å². The molecule has 22 heavy (non-hydrogen) atoms. The van der Waals surface area contributed by atoms with Crippen LogP contribution in [0.4, 0.5) is 11.4 Å². The van der Waals surface area contributed by atoms with Gasteiger partial charge in [0.25, 0.3) is 11.6 Å². The minimum atomic E-state index is -0.492. The second kappa shape index (κ2) is 6.63. The molecule has 0 saturated heterocycles. The highest BCUT2D eigenvalue weighted by molar-refractivity contribution is 7.80. The molecule has 114 valence electrons. The fourth-order valence-corrected chi connectivity index (χ4v) is 1.77. The summed E-state index contributed by atoms with van der Waals surface area (Å²) in [6.07, 6.45) is 1.50. The normalized spacial score (nSPS) is 9.86. The number of thiocarbonyl (C=S) groups is 1. The highest BCUT2D eigenvalue weighted by atomic mass is 32.1. The monoisotopic (exact) mass is 320 g/mol. The average molecular weight is 320 g/mol. The summed E-state index contributed by atoms with van der Waals surface area (Å²) in [5, 5.41) is 17.4. The van der Waals surface area contributed by atoms with Crippen LogP contribution < -0.4 is 16.2 Å². The van der Waals surface area contributed by atoms with Gasteiger partial charge in [-0.1, -0.05) is 0 Å². The lowest BCUT2D eigenvalue weighted by Gasteiger charge is -2.11. The molecule has 0 fully saturated rings. The minimum Gasteiger partial charge on any atom is -0.331 e. The number of aryl methyl sites for hydroxylation is 1. The van der Waals surface area contributed by atoms with E-state index < -0.39 is 10.8 Å². The molecule has 9 nitrogen and oxygen atoms in total. The van der Waals surface area contributed by atoms with Crippen molar-refractivity contribution in [1.82, 2.24) is 20.6 Å². The Labute approximate surface area is 130 Å². The fraction of sp³-hybridized carbons (Fsp3) is 0.0833. The van der Waals surface area contributed by atoms with Gasteiger partial charge >= 0.3 is 0 Å². The van der Waals surface area contributed by atoms with Crippen LogP contribution in [0.15, 0.2) is 36.5 Å². The summed E-state index contributed by atoms with van der Waals surface area (Å²) in [5.41, 5.74) is 5.84. The Morgan fingerprint density at radius 1 is 1.27 bits per heavy atom. The number of carbonyl (C=O) groups is 1. The first-order chi connectivity index (χ1) is 10.5. The molecule has 1 amide bonds. The zero-order valence-electron chi connectivity index (χ0n) is 11.4. The molecule has 0 bridgehead atoms. The zero-order valence-corrected chi connectivity index (χ0v) is 12.3. The Morgan fingerprint density at radius 3 is 2.50 bits per heavy atom. The van der Waals surface area contributed by atoms with Crippen molar-refractivity contribution in [2.45, 2.75) is 0 Å². The topological polar surface area (TPSA) is 114 Å². The van der Waals surface area contributed by atoms with Crippen molar-refractivity contribution in [2.75, 3.05) is 5.32 Å². The molecule has 0 saturated carbocycles. The maximum Gasteiger partial charge on any atom is 0.287 e. The molecule has 0 aliphatic rings. The molecule has 0 radical (unpaired) electrons. The molecule has 0 atom stereocenters. The lowest BCUT2D eigenvalue weighted by Crippen LogP contribution is -2.44. The van der Waals surface area contributed by atoms with Gasteiger partial charge in [-0.15, -0.1) is 0 Å². The third-order valence-corrected chi connectivity index (χ3v) is 2.88. The average Bonchev–Trinajstić information content (AvgIpc) is 2.91. The van der Waals surface area contributed by atoms with Gasteiger partial charge in [-0.05, 0) is 30.4 Å². The molecule has 1 aromatic carbocycles. The molecule has 0 unspecified atom stereocenters. The molecular formula is C12H12N6O3S. The molecular weight excluding hydrogens is 308 g/mol. The van der Waals surface area contributed by atoms with Gasteiger partial charge in [0.1, 0.15) is 5.69 Å². The number of nitro groups is 1. The Hall–Kier alpha value is -3.01. The summed E-state index contributed by atoms with van der Waals surface area (Å²) >= 11 is 5.01. The summed E-state index contributed by atoms with van der Waals surface area (Å²) in [5.74, 6) is -0.396. The molecule has 10 heteroatoms. The number of anilines is 1. The van der Waals surface area contributed by atoms with Crippen LogP contribution >= 0.6 is 12.2 Å².